The average molecular weight is 374 g/mol. The zero-order chi connectivity index (χ0) is 19.8. The molecule has 0 bridgehead atoms. The molecule has 0 atom stereocenters. The fourth-order valence-corrected chi connectivity index (χ4v) is 2.53. The molecular weight excluding hydrogens is 351 g/mol. The number of nitrogens with zero attached hydrogens (tertiary/aromatic N) is 1. The molecule has 6 nitrogen and oxygen atoms in total. The summed E-state index contributed by atoms with van der Waals surface area (Å²) in [5.41, 5.74) is 1.37. The SMILES string of the molecule is COc1ccc(CN(C)C(=O)CNC(=O)Cc2cccc(F)c2)c(OC)c1. The maximum atomic E-state index is 13.1. The molecule has 7 heteroatoms. The molecule has 2 rings (SSSR count). The second kappa shape index (κ2) is 9.56. The minimum atomic E-state index is -0.399. The molecule has 0 aliphatic heterocycles. The molecule has 144 valence electrons. The van der Waals surface area contributed by atoms with Gasteiger partial charge in [0.2, 0.25) is 11.8 Å². The summed E-state index contributed by atoms with van der Waals surface area (Å²) in [7, 11) is 4.76. The molecule has 0 spiro atoms. The van der Waals surface area contributed by atoms with E-state index in [1.165, 1.54) is 17.0 Å². The number of hydrogen-bond acceptors (Lipinski definition) is 4. The number of ether oxygens (including phenoxy) is 2. The summed E-state index contributed by atoms with van der Waals surface area (Å²) in [5.74, 6) is 0.285. The number of likely N-dealkylation sites (N-methyl/N-ethyl adjacent to an activating group) is 1. The maximum Gasteiger partial charge on any atom is 0.242 e. The first-order chi connectivity index (χ1) is 12.9. The van der Waals surface area contributed by atoms with E-state index in [1.54, 1.807) is 45.5 Å². The van der Waals surface area contributed by atoms with E-state index < -0.39 is 5.82 Å². The van der Waals surface area contributed by atoms with Gasteiger partial charge in [-0.05, 0) is 29.8 Å². The molecule has 0 saturated carbocycles. The Kier molecular flexibility index (Phi) is 7.16. The summed E-state index contributed by atoms with van der Waals surface area (Å²) in [4.78, 5) is 25.7. The van der Waals surface area contributed by atoms with Crippen molar-refractivity contribution in [1.82, 2.24) is 10.2 Å². The van der Waals surface area contributed by atoms with Crippen molar-refractivity contribution < 1.29 is 23.5 Å². The van der Waals surface area contributed by atoms with Crippen LogP contribution in [0.25, 0.3) is 0 Å². The van der Waals surface area contributed by atoms with Crippen LogP contribution in [0.2, 0.25) is 0 Å². The quantitative estimate of drug-likeness (QED) is 0.769. The van der Waals surface area contributed by atoms with Crippen molar-refractivity contribution in [3.05, 3.63) is 59.4 Å². The van der Waals surface area contributed by atoms with Gasteiger partial charge >= 0.3 is 0 Å². The second-order valence-electron chi connectivity index (χ2n) is 6.01. The molecule has 0 aliphatic carbocycles. The van der Waals surface area contributed by atoms with Gasteiger partial charge in [-0.1, -0.05) is 12.1 Å². The Balaban J connectivity index is 1.87. The molecule has 0 heterocycles. The number of hydrogen-bond donors (Lipinski definition) is 1. The standard InChI is InChI=1S/C20H23FN2O4/c1-23(13-15-7-8-17(26-2)11-18(15)27-3)20(25)12-22-19(24)10-14-5-4-6-16(21)9-14/h4-9,11H,10,12-13H2,1-3H3,(H,22,24). The Bertz CT molecular complexity index is 810. The lowest BCUT2D eigenvalue weighted by molar-refractivity contribution is -0.132. The molecule has 2 aromatic carbocycles. The van der Waals surface area contributed by atoms with E-state index in [0.29, 0.717) is 23.6 Å². The van der Waals surface area contributed by atoms with Crippen molar-refractivity contribution in [3.8, 4) is 11.5 Å². The number of nitrogens with one attached hydrogen (secondary N) is 1. The lowest BCUT2D eigenvalue weighted by atomic mass is 10.1. The van der Waals surface area contributed by atoms with E-state index in [1.807, 2.05) is 6.07 Å². The van der Waals surface area contributed by atoms with E-state index in [2.05, 4.69) is 5.32 Å². The zero-order valence-corrected chi connectivity index (χ0v) is 15.6. The Labute approximate surface area is 157 Å². The first-order valence-corrected chi connectivity index (χ1v) is 8.39. The van der Waals surface area contributed by atoms with Crippen molar-refractivity contribution in [3.63, 3.8) is 0 Å². The summed E-state index contributed by atoms with van der Waals surface area (Å²) in [6.07, 6.45) is 0.0149. The number of carbonyl (C=O) groups is 2. The molecule has 0 aliphatic rings. The van der Waals surface area contributed by atoms with Crippen molar-refractivity contribution in [2.24, 2.45) is 0 Å². The number of rotatable bonds is 8. The Hall–Kier alpha value is -3.09. The maximum absolute atomic E-state index is 13.1. The largest absolute Gasteiger partial charge is 0.497 e. The third-order valence-electron chi connectivity index (χ3n) is 4.02. The van der Waals surface area contributed by atoms with Crippen LogP contribution in [0.4, 0.5) is 4.39 Å². The van der Waals surface area contributed by atoms with Crippen LogP contribution in [0.5, 0.6) is 11.5 Å². The van der Waals surface area contributed by atoms with Crippen LogP contribution in [-0.4, -0.2) is 44.5 Å². The van der Waals surface area contributed by atoms with Gasteiger partial charge in [0.15, 0.2) is 0 Å². The molecular formula is C20H23FN2O4. The van der Waals surface area contributed by atoms with E-state index in [-0.39, 0.29) is 24.8 Å². The highest BCUT2D eigenvalue weighted by atomic mass is 19.1. The van der Waals surface area contributed by atoms with Crippen LogP contribution < -0.4 is 14.8 Å². The van der Waals surface area contributed by atoms with Crippen LogP contribution >= 0.6 is 0 Å². The zero-order valence-electron chi connectivity index (χ0n) is 15.6. The van der Waals surface area contributed by atoms with Crippen LogP contribution in [0.1, 0.15) is 11.1 Å². The van der Waals surface area contributed by atoms with E-state index in [0.717, 1.165) is 5.56 Å². The monoisotopic (exact) mass is 374 g/mol. The Morgan fingerprint density at radius 2 is 1.89 bits per heavy atom. The van der Waals surface area contributed by atoms with Gasteiger partial charge in [-0.25, -0.2) is 4.39 Å². The summed E-state index contributed by atoms with van der Waals surface area (Å²) < 4.78 is 23.6. The van der Waals surface area contributed by atoms with E-state index in [9.17, 15) is 14.0 Å². The Morgan fingerprint density at radius 3 is 2.56 bits per heavy atom. The fourth-order valence-electron chi connectivity index (χ4n) is 2.53. The van der Waals surface area contributed by atoms with Crippen LogP contribution in [0.15, 0.2) is 42.5 Å². The molecule has 0 aromatic heterocycles. The van der Waals surface area contributed by atoms with Crippen molar-refractivity contribution in [2.75, 3.05) is 27.8 Å². The van der Waals surface area contributed by atoms with Gasteiger partial charge in [-0.2, -0.15) is 0 Å². The summed E-state index contributed by atoms with van der Waals surface area (Å²) >= 11 is 0. The first kappa shape index (κ1) is 20.2. The van der Waals surface area contributed by atoms with Gasteiger partial charge in [0.05, 0.1) is 27.2 Å². The topological polar surface area (TPSA) is 67.9 Å². The molecule has 2 amide bonds. The first-order valence-electron chi connectivity index (χ1n) is 8.39. The van der Waals surface area contributed by atoms with Gasteiger partial charge in [-0.15, -0.1) is 0 Å². The van der Waals surface area contributed by atoms with Crippen molar-refractivity contribution in [2.45, 2.75) is 13.0 Å². The lowest BCUT2D eigenvalue weighted by Crippen LogP contribution is -2.38. The van der Waals surface area contributed by atoms with Crippen molar-refractivity contribution in [1.29, 1.82) is 0 Å². The van der Waals surface area contributed by atoms with E-state index in [4.69, 9.17) is 9.47 Å². The number of benzene rings is 2. The molecule has 0 fully saturated rings. The smallest absolute Gasteiger partial charge is 0.242 e. The molecule has 1 N–H and O–H groups in total. The summed E-state index contributed by atoms with van der Waals surface area (Å²) in [6, 6.07) is 11.2. The predicted molar refractivity (Wildman–Crippen MR) is 99.1 cm³/mol. The normalized spacial score (nSPS) is 10.2. The highest BCUT2D eigenvalue weighted by Gasteiger charge is 2.14. The highest BCUT2D eigenvalue weighted by Crippen LogP contribution is 2.25. The molecule has 0 unspecified atom stereocenters. The summed E-state index contributed by atoms with van der Waals surface area (Å²) in [6.45, 7) is 0.189. The van der Waals surface area contributed by atoms with Crippen molar-refractivity contribution >= 4 is 11.8 Å². The average Bonchev–Trinajstić information content (AvgIpc) is 2.66. The van der Waals surface area contributed by atoms with Gasteiger partial charge in [0, 0.05) is 25.2 Å². The molecule has 2 aromatic rings. The van der Waals surface area contributed by atoms with Gasteiger partial charge in [0.1, 0.15) is 17.3 Å². The lowest BCUT2D eigenvalue weighted by Gasteiger charge is -2.19. The Morgan fingerprint density at radius 1 is 1.11 bits per heavy atom. The number of methoxy groups -OCH3 is 2. The number of carbonyl (C=O) groups excluding carboxylic acids is 2. The number of halogens is 1. The minimum absolute atomic E-state index is 0.0149. The predicted octanol–water partition coefficient (Wildman–Crippen LogP) is 2.16. The van der Waals surface area contributed by atoms with Crippen LogP contribution in [0.3, 0.4) is 0 Å². The highest BCUT2D eigenvalue weighted by molar-refractivity contribution is 5.85. The van der Waals surface area contributed by atoms with Gasteiger partial charge in [-0.3, -0.25) is 9.59 Å². The van der Waals surface area contributed by atoms with Gasteiger partial charge in [0.25, 0.3) is 0 Å². The second-order valence-corrected chi connectivity index (χ2v) is 6.01. The number of amides is 2. The van der Waals surface area contributed by atoms with E-state index >= 15 is 0 Å². The van der Waals surface area contributed by atoms with Crippen LogP contribution in [-0.2, 0) is 22.6 Å². The third-order valence-corrected chi connectivity index (χ3v) is 4.02. The minimum Gasteiger partial charge on any atom is -0.497 e. The fraction of sp³-hybridized carbons (Fsp3) is 0.300. The third kappa shape index (κ3) is 5.99. The van der Waals surface area contributed by atoms with Crippen LogP contribution in [0, 0.1) is 5.82 Å². The van der Waals surface area contributed by atoms with Gasteiger partial charge < -0.3 is 19.7 Å². The summed E-state index contributed by atoms with van der Waals surface area (Å²) in [5, 5.41) is 2.56. The molecule has 0 saturated heterocycles. The molecule has 0 radical (unpaired) electrons. The molecule has 27 heavy (non-hydrogen) atoms.